The van der Waals surface area contributed by atoms with Crippen molar-refractivity contribution in [3.05, 3.63) is 0 Å². The lowest BCUT2D eigenvalue weighted by molar-refractivity contribution is -0.141. The van der Waals surface area contributed by atoms with E-state index in [4.69, 9.17) is 5.11 Å². The molecule has 1 amide bonds. The summed E-state index contributed by atoms with van der Waals surface area (Å²) in [5.41, 5.74) is -0.166. The van der Waals surface area contributed by atoms with E-state index in [-0.39, 0.29) is 23.0 Å². The van der Waals surface area contributed by atoms with Gasteiger partial charge in [-0.25, -0.2) is 0 Å². The Kier molecular flexibility index (Phi) is 4.54. The molecule has 1 aliphatic heterocycles. The highest BCUT2D eigenvalue weighted by atomic mass is 32.2. The fourth-order valence-electron chi connectivity index (χ4n) is 2.75. The molecule has 5 heteroatoms. The fourth-order valence-corrected chi connectivity index (χ4v) is 3.97. The highest BCUT2D eigenvalue weighted by molar-refractivity contribution is 8.00. The second-order valence-corrected chi connectivity index (χ2v) is 6.81. The highest BCUT2D eigenvalue weighted by Crippen LogP contribution is 2.43. The number of aliphatic carboxylic acids is 1. The molecule has 1 unspecified atom stereocenters. The molecule has 0 aromatic carbocycles. The van der Waals surface area contributed by atoms with E-state index in [1.165, 1.54) is 6.42 Å². The van der Waals surface area contributed by atoms with Gasteiger partial charge < -0.3 is 10.4 Å². The van der Waals surface area contributed by atoms with E-state index in [0.29, 0.717) is 6.54 Å². The molecule has 0 radical (unpaired) electrons. The maximum absolute atomic E-state index is 12.0. The smallest absolute Gasteiger partial charge is 0.303 e. The Balaban J connectivity index is 1.78. The monoisotopic (exact) mass is 271 g/mol. The Labute approximate surface area is 112 Å². The van der Waals surface area contributed by atoms with Crippen LogP contribution in [0.25, 0.3) is 0 Å². The van der Waals surface area contributed by atoms with E-state index in [9.17, 15) is 9.59 Å². The van der Waals surface area contributed by atoms with Gasteiger partial charge in [-0.3, -0.25) is 9.59 Å². The number of hydrogen-bond acceptors (Lipinski definition) is 3. The third-order valence-electron chi connectivity index (χ3n) is 4.05. The van der Waals surface area contributed by atoms with Crippen molar-refractivity contribution in [3.8, 4) is 0 Å². The third kappa shape index (κ3) is 3.40. The van der Waals surface area contributed by atoms with Gasteiger partial charge in [0, 0.05) is 6.54 Å². The minimum absolute atomic E-state index is 0.0840. The first kappa shape index (κ1) is 13.7. The second-order valence-electron chi connectivity index (χ2n) is 5.50. The van der Waals surface area contributed by atoms with Crippen molar-refractivity contribution >= 4 is 23.6 Å². The van der Waals surface area contributed by atoms with Crippen LogP contribution in [0.2, 0.25) is 0 Å². The molecule has 2 rings (SSSR count). The molecule has 1 saturated carbocycles. The van der Waals surface area contributed by atoms with E-state index in [1.807, 2.05) is 0 Å². The Morgan fingerprint density at radius 2 is 2.06 bits per heavy atom. The van der Waals surface area contributed by atoms with Gasteiger partial charge in [0.15, 0.2) is 0 Å². The lowest BCUT2D eigenvalue weighted by Gasteiger charge is -2.41. The molecule has 4 nitrogen and oxygen atoms in total. The Bertz CT molecular complexity index is 322. The quantitative estimate of drug-likeness (QED) is 0.803. The van der Waals surface area contributed by atoms with Crippen LogP contribution in [0.5, 0.6) is 0 Å². The first-order valence-corrected chi connectivity index (χ1v) is 7.77. The van der Waals surface area contributed by atoms with Crippen molar-refractivity contribution in [3.63, 3.8) is 0 Å². The maximum Gasteiger partial charge on any atom is 0.303 e. The Morgan fingerprint density at radius 1 is 1.28 bits per heavy atom. The lowest BCUT2D eigenvalue weighted by Crippen LogP contribution is -2.46. The van der Waals surface area contributed by atoms with Gasteiger partial charge in [-0.1, -0.05) is 12.8 Å². The van der Waals surface area contributed by atoms with Crippen LogP contribution in [0.15, 0.2) is 0 Å². The first-order valence-electron chi connectivity index (χ1n) is 6.72. The number of carboxylic acids is 1. The summed E-state index contributed by atoms with van der Waals surface area (Å²) in [5.74, 6) is 0.422. The molecule has 2 N–H and O–H groups in total. The predicted molar refractivity (Wildman–Crippen MR) is 71.6 cm³/mol. The van der Waals surface area contributed by atoms with Gasteiger partial charge in [0.1, 0.15) is 0 Å². The standard InChI is InChI=1S/C13H21NO3S/c15-11(16)8-13(5-3-6-13)9-14-12(17)10-4-1-2-7-18-10/h10H,1-9H2,(H,14,17)(H,15,16). The van der Waals surface area contributed by atoms with Crippen molar-refractivity contribution in [2.24, 2.45) is 5.41 Å². The van der Waals surface area contributed by atoms with Gasteiger partial charge in [-0.15, -0.1) is 11.8 Å². The van der Waals surface area contributed by atoms with E-state index in [1.54, 1.807) is 11.8 Å². The molecular formula is C13H21NO3S. The van der Waals surface area contributed by atoms with E-state index >= 15 is 0 Å². The molecule has 0 spiro atoms. The van der Waals surface area contributed by atoms with Crippen molar-refractivity contribution in [2.75, 3.05) is 12.3 Å². The van der Waals surface area contributed by atoms with Crippen molar-refractivity contribution in [1.82, 2.24) is 5.32 Å². The average Bonchev–Trinajstić information content (AvgIpc) is 2.32. The number of carboxylic acid groups (broad SMARTS) is 1. The molecule has 1 saturated heterocycles. The summed E-state index contributed by atoms with van der Waals surface area (Å²) in [5, 5.41) is 12.0. The van der Waals surface area contributed by atoms with Gasteiger partial charge in [0.2, 0.25) is 5.91 Å². The maximum atomic E-state index is 12.0. The van der Waals surface area contributed by atoms with Gasteiger partial charge >= 0.3 is 5.97 Å². The zero-order chi connectivity index (χ0) is 13.0. The van der Waals surface area contributed by atoms with E-state index < -0.39 is 5.97 Å². The molecule has 2 fully saturated rings. The van der Waals surface area contributed by atoms with Crippen LogP contribution in [0.1, 0.15) is 44.9 Å². The molecule has 1 aliphatic carbocycles. The number of rotatable bonds is 5. The number of nitrogens with one attached hydrogen (secondary N) is 1. The molecule has 1 heterocycles. The van der Waals surface area contributed by atoms with Gasteiger partial charge in [0.25, 0.3) is 0 Å². The van der Waals surface area contributed by atoms with Crippen LogP contribution < -0.4 is 5.32 Å². The summed E-state index contributed by atoms with van der Waals surface area (Å²) in [6.07, 6.45) is 6.42. The zero-order valence-corrected chi connectivity index (χ0v) is 11.4. The van der Waals surface area contributed by atoms with Crippen molar-refractivity contribution in [1.29, 1.82) is 0 Å². The molecular weight excluding hydrogens is 250 g/mol. The number of carbonyl (C=O) groups excluding carboxylic acids is 1. The van der Waals surface area contributed by atoms with E-state index in [2.05, 4.69) is 5.32 Å². The lowest BCUT2D eigenvalue weighted by atomic mass is 9.66. The topological polar surface area (TPSA) is 66.4 Å². The second kappa shape index (κ2) is 5.95. The summed E-state index contributed by atoms with van der Waals surface area (Å²) >= 11 is 1.73. The van der Waals surface area contributed by atoms with Crippen molar-refractivity contribution < 1.29 is 14.7 Å². The molecule has 0 aromatic rings. The van der Waals surface area contributed by atoms with Crippen LogP contribution in [-0.4, -0.2) is 34.5 Å². The minimum Gasteiger partial charge on any atom is -0.481 e. The zero-order valence-electron chi connectivity index (χ0n) is 10.6. The largest absolute Gasteiger partial charge is 0.481 e. The molecule has 18 heavy (non-hydrogen) atoms. The summed E-state index contributed by atoms with van der Waals surface area (Å²) in [7, 11) is 0. The Hall–Kier alpha value is -0.710. The summed E-state index contributed by atoms with van der Waals surface area (Å²) in [6, 6.07) is 0. The van der Waals surface area contributed by atoms with Crippen LogP contribution in [0, 0.1) is 5.41 Å². The molecule has 2 aliphatic rings. The first-order chi connectivity index (χ1) is 8.61. The minimum atomic E-state index is -0.754. The molecule has 0 aromatic heterocycles. The van der Waals surface area contributed by atoms with Gasteiger partial charge in [-0.2, -0.15) is 0 Å². The van der Waals surface area contributed by atoms with Gasteiger partial charge in [0.05, 0.1) is 11.7 Å². The SMILES string of the molecule is O=C(O)CC1(CNC(=O)C2CCCCS2)CCC1. The third-order valence-corrected chi connectivity index (χ3v) is 5.43. The number of thioether (sulfide) groups is 1. The van der Waals surface area contributed by atoms with Crippen LogP contribution in [0.3, 0.4) is 0 Å². The molecule has 102 valence electrons. The summed E-state index contributed by atoms with van der Waals surface area (Å²) in [4.78, 5) is 22.8. The predicted octanol–water partition coefficient (Wildman–Crippen LogP) is 2.03. The van der Waals surface area contributed by atoms with Crippen LogP contribution in [0.4, 0.5) is 0 Å². The number of amides is 1. The molecule has 1 atom stereocenters. The summed E-state index contributed by atoms with van der Waals surface area (Å²) in [6.45, 7) is 0.537. The van der Waals surface area contributed by atoms with E-state index in [0.717, 1.165) is 37.9 Å². The molecule has 0 bridgehead atoms. The number of hydrogen-bond donors (Lipinski definition) is 2. The number of carbonyl (C=O) groups is 2. The van der Waals surface area contributed by atoms with Crippen LogP contribution >= 0.6 is 11.8 Å². The Morgan fingerprint density at radius 3 is 2.56 bits per heavy atom. The van der Waals surface area contributed by atoms with Crippen LogP contribution in [-0.2, 0) is 9.59 Å². The normalized spacial score (nSPS) is 26.1. The average molecular weight is 271 g/mol. The fraction of sp³-hybridized carbons (Fsp3) is 0.846. The van der Waals surface area contributed by atoms with Gasteiger partial charge in [-0.05, 0) is 36.9 Å². The van der Waals surface area contributed by atoms with Crippen molar-refractivity contribution in [2.45, 2.75) is 50.2 Å². The highest BCUT2D eigenvalue weighted by Gasteiger charge is 2.39. The summed E-state index contributed by atoms with van der Waals surface area (Å²) < 4.78 is 0.